The van der Waals surface area contributed by atoms with Gasteiger partial charge >= 0.3 is 0 Å². The minimum absolute atomic E-state index is 0.0804. The molecule has 0 saturated carbocycles. The van der Waals surface area contributed by atoms with Gasteiger partial charge in [-0.05, 0) is 24.0 Å². The van der Waals surface area contributed by atoms with Gasteiger partial charge in [0, 0.05) is 12.3 Å². The Morgan fingerprint density at radius 2 is 2.21 bits per heavy atom. The van der Waals surface area contributed by atoms with E-state index in [1.54, 1.807) is 10.9 Å². The smallest absolute Gasteiger partial charge is 0.260 e. The minimum atomic E-state index is -0.0804. The predicted octanol–water partition coefficient (Wildman–Crippen LogP) is 1.96. The summed E-state index contributed by atoms with van der Waals surface area (Å²) in [5.41, 5.74) is 0.999. The Balaban J connectivity index is 0.000000461. The Morgan fingerprint density at radius 3 is 2.64 bits per heavy atom. The molecule has 0 atom stereocenters. The van der Waals surface area contributed by atoms with E-state index in [9.17, 15) is 4.79 Å². The lowest BCUT2D eigenvalue weighted by atomic mass is 10.4. The van der Waals surface area contributed by atoms with E-state index in [1.165, 1.54) is 17.6 Å². The Labute approximate surface area is 86.4 Å². The highest BCUT2D eigenvalue weighted by Gasteiger charge is 2.00. The van der Waals surface area contributed by atoms with E-state index in [2.05, 4.69) is 9.47 Å². The SMILES string of the molecule is CC.Cc1cnn(-c2cc(=O)[nH]s2)c1. The third-order valence-electron chi connectivity index (χ3n) is 1.45. The van der Waals surface area contributed by atoms with Crippen LogP contribution in [-0.2, 0) is 0 Å². The molecule has 0 fully saturated rings. The Kier molecular flexibility index (Phi) is 3.64. The van der Waals surface area contributed by atoms with Gasteiger partial charge in [-0.3, -0.25) is 9.17 Å². The number of aryl methyl sites for hydroxylation is 1. The normalized spacial score (nSPS) is 9.36. The monoisotopic (exact) mass is 211 g/mol. The maximum atomic E-state index is 10.8. The van der Waals surface area contributed by atoms with E-state index in [1.807, 2.05) is 27.0 Å². The molecule has 0 radical (unpaired) electrons. The van der Waals surface area contributed by atoms with Crippen LogP contribution in [0.5, 0.6) is 0 Å². The molecule has 5 heteroatoms. The summed E-state index contributed by atoms with van der Waals surface area (Å²) in [6.07, 6.45) is 3.63. The van der Waals surface area contributed by atoms with Crippen LogP contribution >= 0.6 is 11.5 Å². The lowest BCUT2D eigenvalue weighted by molar-refractivity contribution is 0.897. The molecule has 0 aliphatic rings. The lowest BCUT2D eigenvalue weighted by Gasteiger charge is -1.90. The van der Waals surface area contributed by atoms with Gasteiger partial charge in [-0.2, -0.15) is 5.10 Å². The maximum Gasteiger partial charge on any atom is 0.260 e. The van der Waals surface area contributed by atoms with Gasteiger partial charge in [-0.1, -0.05) is 13.8 Å². The number of nitrogens with zero attached hydrogens (tertiary/aromatic N) is 2. The minimum Gasteiger partial charge on any atom is -0.276 e. The van der Waals surface area contributed by atoms with Crippen molar-refractivity contribution in [1.29, 1.82) is 0 Å². The van der Waals surface area contributed by atoms with Crippen molar-refractivity contribution in [1.82, 2.24) is 14.2 Å². The summed E-state index contributed by atoms with van der Waals surface area (Å²) in [6.45, 7) is 5.96. The van der Waals surface area contributed by atoms with Gasteiger partial charge in [-0.15, -0.1) is 0 Å². The van der Waals surface area contributed by atoms with Gasteiger partial charge in [0.15, 0.2) is 0 Å². The molecule has 2 aromatic rings. The van der Waals surface area contributed by atoms with Crippen LogP contribution in [0, 0.1) is 6.92 Å². The number of aromatic nitrogens is 3. The zero-order chi connectivity index (χ0) is 10.6. The molecule has 14 heavy (non-hydrogen) atoms. The molecule has 0 spiro atoms. The molecular formula is C9H13N3OS. The van der Waals surface area contributed by atoms with Crippen LogP contribution in [0.25, 0.3) is 5.00 Å². The van der Waals surface area contributed by atoms with Crippen LogP contribution in [0.2, 0.25) is 0 Å². The van der Waals surface area contributed by atoms with Gasteiger partial charge in [-0.25, -0.2) is 4.68 Å². The van der Waals surface area contributed by atoms with Crippen molar-refractivity contribution < 1.29 is 0 Å². The van der Waals surface area contributed by atoms with Crippen molar-refractivity contribution in [3.05, 3.63) is 34.4 Å². The molecule has 2 heterocycles. The van der Waals surface area contributed by atoms with E-state index in [0.29, 0.717) is 0 Å². The summed E-state index contributed by atoms with van der Waals surface area (Å²) < 4.78 is 4.28. The molecular weight excluding hydrogens is 198 g/mol. The zero-order valence-electron chi connectivity index (χ0n) is 8.44. The molecule has 0 amide bonds. The molecule has 0 bridgehead atoms. The van der Waals surface area contributed by atoms with Crippen molar-refractivity contribution in [2.45, 2.75) is 20.8 Å². The van der Waals surface area contributed by atoms with Crippen molar-refractivity contribution in [3.8, 4) is 5.00 Å². The average Bonchev–Trinajstić information content (AvgIpc) is 2.78. The number of nitrogens with one attached hydrogen (secondary N) is 1. The van der Waals surface area contributed by atoms with Gasteiger partial charge in [0.2, 0.25) is 0 Å². The van der Waals surface area contributed by atoms with Gasteiger partial charge in [0.25, 0.3) is 5.56 Å². The molecule has 0 aromatic carbocycles. The van der Waals surface area contributed by atoms with E-state index < -0.39 is 0 Å². The van der Waals surface area contributed by atoms with E-state index in [-0.39, 0.29) is 5.56 Å². The molecule has 0 aliphatic carbocycles. The predicted molar refractivity (Wildman–Crippen MR) is 58.1 cm³/mol. The number of rotatable bonds is 1. The Hall–Kier alpha value is -1.36. The lowest BCUT2D eigenvalue weighted by Crippen LogP contribution is -1.94. The maximum absolute atomic E-state index is 10.8. The fourth-order valence-electron chi connectivity index (χ4n) is 0.920. The fraction of sp³-hybridized carbons (Fsp3) is 0.333. The van der Waals surface area contributed by atoms with Crippen molar-refractivity contribution in [2.75, 3.05) is 0 Å². The number of hydrogen-bond acceptors (Lipinski definition) is 3. The molecule has 2 rings (SSSR count). The molecule has 0 aliphatic heterocycles. The molecule has 76 valence electrons. The van der Waals surface area contributed by atoms with E-state index in [0.717, 1.165) is 10.6 Å². The van der Waals surface area contributed by atoms with Crippen LogP contribution < -0.4 is 5.56 Å². The second-order valence-corrected chi connectivity index (χ2v) is 3.34. The molecule has 0 unspecified atom stereocenters. The Morgan fingerprint density at radius 1 is 1.50 bits per heavy atom. The fourth-order valence-corrected chi connectivity index (χ4v) is 1.54. The van der Waals surface area contributed by atoms with Crippen LogP contribution in [0.3, 0.4) is 0 Å². The first-order valence-corrected chi connectivity index (χ1v) is 5.27. The van der Waals surface area contributed by atoms with Gasteiger partial charge < -0.3 is 0 Å². The van der Waals surface area contributed by atoms with Gasteiger partial charge in [0.05, 0.1) is 6.20 Å². The summed E-state index contributed by atoms with van der Waals surface area (Å²) in [7, 11) is 0. The van der Waals surface area contributed by atoms with E-state index >= 15 is 0 Å². The van der Waals surface area contributed by atoms with Crippen molar-refractivity contribution in [3.63, 3.8) is 0 Å². The second-order valence-electron chi connectivity index (χ2n) is 2.51. The highest BCUT2D eigenvalue weighted by molar-refractivity contribution is 7.08. The third-order valence-corrected chi connectivity index (χ3v) is 2.27. The quantitative estimate of drug-likeness (QED) is 0.784. The molecule has 2 aromatic heterocycles. The zero-order valence-corrected chi connectivity index (χ0v) is 9.26. The van der Waals surface area contributed by atoms with Crippen LogP contribution in [-0.4, -0.2) is 14.2 Å². The highest BCUT2D eigenvalue weighted by atomic mass is 32.1. The summed E-state index contributed by atoms with van der Waals surface area (Å²) in [5, 5.41) is 4.88. The molecule has 0 saturated heterocycles. The largest absolute Gasteiger partial charge is 0.276 e. The number of hydrogen-bond donors (Lipinski definition) is 1. The van der Waals surface area contributed by atoms with Crippen molar-refractivity contribution >= 4 is 11.5 Å². The van der Waals surface area contributed by atoms with Crippen LogP contribution in [0.1, 0.15) is 19.4 Å². The highest BCUT2D eigenvalue weighted by Crippen LogP contribution is 2.08. The average molecular weight is 211 g/mol. The number of H-pyrrole nitrogens is 1. The standard InChI is InChI=1S/C7H7N3OS.C2H6/c1-5-3-8-10(4-5)7-2-6(11)9-12-7;1-2/h2-4H,1H3,(H,9,11);1-2H3. The first kappa shape index (κ1) is 10.7. The molecule has 1 N–H and O–H groups in total. The van der Waals surface area contributed by atoms with Crippen LogP contribution in [0.4, 0.5) is 0 Å². The molecule has 4 nitrogen and oxygen atoms in total. The topological polar surface area (TPSA) is 50.7 Å². The summed E-state index contributed by atoms with van der Waals surface area (Å²) >= 11 is 1.28. The first-order chi connectivity index (χ1) is 6.75. The second kappa shape index (κ2) is 4.76. The Bertz CT molecular complexity index is 441. The van der Waals surface area contributed by atoms with E-state index in [4.69, 9.17) is 0 Å². The third kappa shape index (κ3) is 2.32. The van der Waals surface area contributed by atoms with Crippen LogP contribution in [0.15, 0.2) is 23.3 Å². The first-order valence-electron chi connectivity index (χ1n) is 4.46. The summed E-state index contributed by atoms with van der Waals surface area (Å²) in [6, 6.07) is 1.52. The van der Waals surface area contributed by atoms with Crippen molar-refractivity contribution in [2.24, 2.45) is 0 Å². The summed E-state index contributed by atoms with van der Waals surface area (Å²) in [5.74, 6) is 0. The number of aromatic amines is 1. The summed E-state index contributed by atoms with van der Waals surface area (Å²) in [4.78, 5) is 10.8. The van der Waals surface area contributed by atoms with Gasteiger partial charge in [0.1, 0.15) is 5.00 Å².